The van der Waals surface area contributed by atoms with Crippen LogP contribution in [0.5, 0.6) is 5.75 Å². The highest BCUT2D eigenvalue weighted by atomic mass is 31.2. The molecule has 1 aliphatic heterocycles. The van der Waals surface area contributed by atoms with E-state index < -0.39 is 8.53 Å². The van der Waals surface area contributed by atoms with Gasteiger partial charge in [-0.1, -0.05) is 36.4 Å². The van der Waals surface area contributed by atoms with Crippen molar-refractivity contribution < 1.29 is 23.3 Å². The molecule has 2 aromatic heterocycles. The maximum Gasteiger partial charge on any atom is 0.320 e. The Labute approximate surface area is 215 Å². The molecule has 0 saturated carbocycles. The van der Waals surface area contributed by atoms with Crippen LogP contribution in [0.25, 0.3) is 21.9 Å². The third kappa shape index (κ3) is 5.97. The van der Waals surface area contributed by atoms with Gasteiger partial charge in [0, 0.05) is 5.39 Å². The Bertz CT molecular complexity index is 1380. The minimum absolute atomic E-state index is 0.0368. The zero-order valence-electron chi connectivity index (χ0n) is 20.6. The molecule has 0 amide bonds. The van der Waals surface area contributed by atoms with Gasteiger partial charge in [0.2, 0.25) is 0 Å². The number of imidazole rings is 1. The Morgan fingerprint density at radius 1 is 1.19 bits per heavy atom. The van der Waals surface area contributed by atoms with E-state index in [1.165, 1.54) is 6.33 Å². The normalized spacial score (nSPS) is 18.5. The molecule has 194 valence electrons. The third-order valence-corrected chi connectivity index (χ3v) is 6.97. The highest BCUT2D eigenvalue weighted by Gasteiger charge is 2.30. The first-order valence-electron chi connectivity index (χ1n) is 12.1. The summed E-state index contributed by atoms with van der Waals surface area (Å²) in [6.07, 6.45) is 4.00. The van der Waals surface area contributed by atoms with Gasteiger partial charge in [0.15, 0.2) is 11.5 Å². The summed E-state index contributed by atoms with van der Waals surface area (Å²) in [6, 6.07) is 13.8. The Morgan fingerprint density at radius 3 is 2.89 bits per heavy atom. The number of aromatic nitrogens is 4. The van der Waals surface area contributed by atoms with Crippen LogP contribution >= 0.6 is 8.53 Å². The number of nitrogens with two attached hydrogens (primary N) is 1. The number of esters is 1. The molecule has 3 N–H and O–H groups in total. The first kappa shape index (κ1) is 25.3. The monoisotopic (exact) mass is 524 g/mol. The van der Waals surface area contributed by atoms with Crippen molar-refractivity contribution in [2.24, 2.45) is 0 Å². The van der Waals surface area contributed by atoms with E-state index in [9.17, 15) is 4.79 Å². The number of nitrogen functional groups attached to an aromatic ring is 1. The Hall–Kier alpha value is -3.37. The number of carbonyl (C=O) groups excluding carboxylic acids is 1. The van der Waals surface area contributed by atoms with E-state index in [1.807, 2.05) is 60.9 Å². The molecule has 1 fully saturated rings. The van der Waals surface area contributed by atoms with Gasteiger partial charge in [0.25, 0.3) is 0 Å². The molecule has 4 aromatic rings. The largest absolute Gasteiger partial charge is 0.462 e. The van der Waals surface area contributed by atoms with Crippen molar-refractivity contribution in [1.29, 1.82) is 0 Å². The number of anilines is 1. The van der Waals surface area contributed by atoms with E-state index >= 15 is 0 Å². The van der Waals surface area contributed by atoms with Gasteiger partial charge in [-0.3, -0.25) is 9.36 Å². The number of nitrogens with one attached hydrogen (secondary N) is 1. The summed E-state index contributed by atoms with van der Waals surface area (Å²) >= 11 is 0. The Kier molecular flexibility index (Phi) is 7.76. The number of carbonyl (C=O) groups is 1. The maximum atomic E-state index is 12.2. The lowest BCUT2D eigenvalue weighted by atomic mass is 10.1. The average Bonchev–Trinajstić information content (AvgIpc) is 3.53. The summed E-state index contributed by atoms with van der Waals surface area (Å²) in [7, 11) is -1.66. The van der Waals surface area contributed by atoms with Crippen LogP contribution in [0.15, 0.2) is 55.1 Å². The molecule has 5 rings (SSSR count). The predicted molar refractivity (Wildman–Crippen MR) is 140 cm³/mol. The smallest absolute Gasteiger partial charge is 0.320 e. The van der Waals surface area contributed by atoms with Crippen LogP contribution in [0.1, 0.15) is 32.9 Å². The third-order valence-electron chi connectivity index (χ3n) is 5.81. The molecule has 37 heavy (non-hydrogen) atoms. The second-order valence-electron chi connectivity index (χ2n) is 8.87. The van der Waals surface area contributed by atoms with Crippen LogP contribution < -0.4 is 15.3 Å². The Morgan fingerprint density at radius 2 is 2.03 bits per heavy atom. The van der Waals surface area contributed by atoms with Crippen LogP contribution in [-0.2, 0) is 18.8 Å². The van der Waals surface area contributed by atoms with Crippen molar-refractivity contribution in [2.45, 2.75) is 45.1 Å². The molecule has 3 heterocycles. The summed E-state index contributed by atoms with van der Waals surface area (Å²) < 4.78 is 25.7. The number of rotatable bonds is 10. The Balaban J connectivity index is 1.25. The minimum atomic E-state index is -1.66. The summed E-state index contributed by atoms with van der Waals surface area (Å²) in [6.45, 7) is 3.86. The van der Waals surface area contributed by atoms with Gasteiger partial charge in [-0.05, 0) is 38.1 Å². The second-order valence-corrected chi connectivity index (χ2v) is 10.1. The van der Waals surface area contributed by atoms with Crippen molar-refractivity contribution >= 4 is 42.2 Å². The lowest BCUT2D eigenvalue weighted by Crippen LogP contribution is -2.26. The van der Waals surface area contributed by atoms with Gasteiger partial charge in [-0.2, -0.15) is 0 Å². The van der Waals surface area contributed by atoms with E-state index in [-0.39, 0.29) is 37.6 Å². The van der Waals surface area contributed by atoms with Gasteiger partial charge in [0.05, 0.1) is 25.1 Å². The van der Waals surface area contributed by atoms with E-state index in [0.29, 0.717) is 22.7 Å². The van der Waals surface area contributed by atoms with Crippen LogP contribution in [-0.4, -0.2) is 50.8 Å². The molecule has 11 nitrogen and oxygen atoms in total. The van der Waals surface area contributed by atoms with Crippen LogP contribution in [0.3, 0.4) is 0 Å². The molecule has 3 unspecified atom stereocenters. The summed E-state index contributed by atoms with van der Waals surface area (Å²) in [4.78, 5) is 24.8. The lowest BCUT2D eigenvalue weighted by molar-refractivity contribution is -0.145. The van der Waals surface area contributed by atoms with E-state index in [0.717, 1.165) is 23.6 Å². The van der Waals surface area contributed by atoms with Crippen LogP contribution in [0, 0.1) is 0 Å². The molecule has 0 bridgehead atoms. The number of hydrogen-bond acceptors (Lipinski definition) is 10. The average molecular weight is 525 g/mol. The number of benzene rings is 2. The van der Waals surface area contributed by atoms with Gasteiger partial charge in [-0.15, -0.1) is 0 Å². The van der Waals surface area contributed by atoms with Gasteiger partial charge in [-0.25, -0.2) is 20.0 Å². The fraction of sp³-hybridized carbons (Fsp3) is 0.360. The summed E-state index contributed by atoms with van der Waals surface area (Å²) in [5, 5.41) is 5.08. The molecule has 0 radical (unpaired) electrons. The van der Waals surface area contributed by atoms with E-state index in [2.05, 4.69) is 20.0 Å². The molecule has 0 aliphatic carbocycles. The molecule has 3 atom stereocenters. The fourth-order valence-corrected chi connectivity index (χ4v) is 5.25. The van der Waals surface area contributed by atoms with Crippen molar-refractivity contribution in [3.8, 4) is 5.75 Å². The van der Waals surface area contributed by atoms with Crippen molar-refractivity contribution in [3.05, 3.63) is 55.1 Å². The van der Waals surface area contributed by atoms with Crippen LogP contribution in [0.4, 0.5) is 5.82 Å². The maximum absolute atomic E-state index is 12.2. The number of nitrogens with zero attached hydrogens (tertiary/aromatic N) is 4. The van der Waals surface area contributed by atoms with Gasteiger partial charge in [0.1, 0.15) is 30.4 Å². The molecule has 0 spiro atoms. The van der Waals surface area contributed by atoms with Gasteiger partial charge < -0.3 is 24.3 Å². The SMILES string of the molecule is CC(C)OC(=O)CNP(OCC1CCC(n2cnc3c(N)ncnc32)O1)Oc1cccc2ccccc12. The predicted octanol–water partition coefficient (Wildman–Crippen LogP) is 4.10. The van der Waals surface area contributed by atoms with Gasteiger partial charge >= 0.3 is 14.5 Å². The molecular formula is C25H29N6O5P. The molecule has 12 heteroatoms. The number of fused-ring (bicyclic) bond motifs is 2. The topological polar surface area (TPSA) is 136 Å². The summed E-state index contributed by atoms with van der Waals surface area (Å²) in [5.41, 5.74) is 7.09. The molecule has 1 saturated heterocycles. The van der Waals surface area contributed by atoms with E-state index in [1.54, 1.807) is 6.33 Å². The second kappa shape index (κ2) is 11.4. The fourth-order valence-electron chi connectivity index (χ4n) is 4.15. The first-order valence-corrected chi connectivity index (χ1v) is 13.3. The zero-order valence-corrected chi connectivity index (χ0v) is 21.5. The van der Waals surface area contributed by atoms with Crippen molar-refractivity contribution in [1.82, 2.24) is 24.6 Å². The van der Waals surface area contributed by atoms with Crippen LogP contribution in [0.2, 0.25) is 0 Å². The highest BCUT2D eigenvalue weighted by Crippen LogP contribution is 2.40. The van der Waals surface area contributed by atoms with Crippen molar-refractivity contribution in [3.63, 3.8) is 0 Å². The quantitative estimate of drug-likeness (QED) is 0.230. The number of hydrogen-bond donors (Lipinski definition) is 2. The lowest BCUT2D eigenvalue weighted by Gasteiger charge is -2.21. The number of ether oxygens (including phenoxy) is 2. The molecular weight excluding hydrogens is 495 g/mol. The highest BCUT2D eigenvalue weighted by molar-refractivity contribution is 7.45. The standard InChI is InChI=1S/C25H29N6O5P/c1-16(2)34-22(32)12-30-37(36-20-9-5-7-17-6-3-4-8-19(17)20)33-13-18-10-11-21(35-18)31-15-29-23-24(26)27-14-28-25(23)31/h3-9,14-16,18,21,30H,10-13H2,1-2H3,(H2,26,27,28). The minimum Gasteiger partial charge on any atom is -0.462 e. The first-order chi connectivity index (χ1) is 18.0. The summed E-state index contributed by atoms with van der Waals surface area (Å²) in [5.74, 6) is 0.624. The zero-order chi connectivity index (χ0) is 25.8. The molecule has 2 aromatic carbocycles. The van der Waals surface area contributed by atoms with Crippen molar-refractivity contribution in [2.75, 3.05) is 18.9 Å². The molecule has 1 aliphatic rings. The van der Waals surface area contributed by atoms with E-state index in [4.69, 9.17) is 24.3 Å².